The molecule has 0 atom stereocenters. The van der Waals surface area contributed by atoms with E-state index >= 15 is 0 Å². The monoisotopic (exact) mass is 314 g/mol. The molecule has 0 aliphatic heterocycles. The molecule has 0 aromatic carbocycles. The van der Waals surface area contributed by atoms with Crippen molar-refractivity contribution < 1.29 is 9.53 Å². The molecule has 0 unspecified atom stereocenters. The van der Waals surface area contributed by atoms with Crippen LogP contribution in [-0.4, -0.2) is 33.3 Å². The van der Waals surface area contributed by atoms with Crippen molar-refractivity contribution in [2.45, 2.75) is 23.4 Å². The topological polar surface area (TPSA) is 80.8 Å². The summed E-state index contributed by atoms with van der Waals surface area (Å²) in [6.45, 7) is 1.98. The number of nitrogens with zero attached hydrogens (tertiary/aromatic N) is 3. The van der Waals surface area contributed by atoms with E-state index in [-0.39, 0.29) is 0 Å². The van der Waals surface area contributed by atoms with E-state index in [9.17, 15) is 4.79 Å². The minimum Gasteiger partial charge on any atom is -0.480 e. The number of H-pyrrole nitrogens is 1. The number of fused-ring (bicyclic) bond motifs is 1. The lowest BCUT2D eigenvalue weighted by Crippen LogP contribution is -1.95. The van der Waals surface area contributed by atoms with Crippen LogP contribution < -0.4 is 4.74 Å². The smallest absolute Gasteiger partial charge is 0.227 e. The first-order valence-corrected chi connectivity index (χ1v) is 7.58. The van der Waals surface area contributed by atoms with E-state index in [0.29, 0.717) is 34.1 Å². The highest BCUT2D eigenvalue weighted by molar-refractivity contribution is 7.99. The minimum atomic E-state index is 0.398. The normalized spacial score (nSPS) is 10.8. The number of aromatic amines is 1. The van der Waals surface area contributed by atoms with Gasteiger partial charge in [0.2, 0.25) is 5.88 Å². The largest absolute Gasteiger partial charge is 0.480 e. The highest BCUT2D eigenvalue weighted by Gasteiger charge is 2.18. The van der Waals surface area contributed by atoms with Crippen LogP contribution in [0, 0.1) is 0 Å². The standard InChI is InChI=1S/C15H14N4O2S/c1-3-11-10(8-20)12-13(17-11)18-15(19-14(12)21-2)22-9-5-4-6-16-7-9/h4-8H,3H2,1-2H3,(H,17,18,19). The molecule has 3 aromatic rings. The summed E-state index contributed by atoms with van der Waals surface area (Å²) in [7, 11) is 1.54. The Hall–Kier alpha value is -2.41. The summed E-state index contributed by atoms with van der Waals surface area (Å²) in [6, 6.07) is 3.78. The zero-order chi connectivity index (χ0) is 15.5. The number of hydrogen-bond donors (Lipinski definition) is 1. The number of hydrogen-bond acceptors (Lipinski definition) is 6. The highest BCUT2D eigenvalue weighted by atomic mass is 32.2. The number of pyridine rings is 1. The van der Waals surface area contributed by atoms with Gasteiger partial charge in [0.05, 0.1) is 18.1 Å². The molecule has 0 fully saturated rings. The van der Waals surface area contributed by atoms with Crippen molar-refractivity contribution in [3.8, 4) is 5.88 Å². The van der Waals surface area contributed by atoms with Crippen molar-refractivity contribution in [3.05, 3.63) is 35.8 Å². The molecule has 0 saturated heterocycles. The second-order valence-corrected chi connectivity index (χ2v) is 5.56. The van der Waals surface area contributed by atoms with Crippen LogP contribution >= 0.6 is 11.8 Å². The Bertz CT molecular complexity index is 817. The molecule has 0 bridgehead atoms. The molecule has 3 aromatic heterocycles. The van der Waals surface area contributed by atoms with Crippen LogP contribution in [0.4, 0.5) is 0 Å². The van der Waals surface area contributed by atoms with Gasteiger partial charge < -0.3 is 9.72 Å². The number of rotatable bonds is 5. The van der Waals surface area contributed by atoms with Gasteiger partial charge in [-0.25, -0.2) is 4.98 Å². The summed E-state index contributed by atoms with van der Waals surface area (Å²) in [5.41, 5.74) is 2.01. The molecule has 0 aliphatic carbocycles. The van der Waals surface area contributed by atoms with E-state index in [1.54, 1.807) is 12.4 Å². The van der Waals surface area contributed by atoms with Gasteiger partial charge in [-0.2, -0.15) is 4.98 Å². The number of aryl methyl sites for hydroxylation is 1. The van der Waals surface area contributed by atoms with E-state index in [4.69, 9.17) is 4.74 Å². The quantitative estimate of drug-likeness (QED) is 0.576. The molecule has 0 amide bonds. The lowest BCUT2D eigenvalue weighted by Gasteiger charge is -2.04. The van der Waals surface area contributed by atoms with Gasteiger partial charge in [-0.15, -0.1) is 0 Å². The second kappa shape index (κ2) is 6.15. The van der Waals surface area contributed by atoms with E-state index in [1.807, 2.05) is 19.1 Å². The molecule has 112 valence electrons. The lowest BCUT2D eigenvalue weighted by atomic mass is 10.2. The van der Waals surface area contributed by atoms with Gasteiger partial charge in [-0.1, -0.05) is 6.92 Å². The summed E-state index contributed by atoms with van der Waals surface area (Å²) >= 11 is 1.39. The number of ether oxygens (including phenoxy) is 1. The van der Waals surface area contributed by atoms with Crippen LogP contribution in [0.2, 0.25) is 0 Å². The Morgan fingerprint density at radius 1 is 1.41 bits per heavy atom. The lowest BCUT2D eigenvalue weighted by molar-refractivity contribution is 0.112. The molecular weight excluding hydrogens is 300 g/mol. The molecule has 0 aliphatic rings. The Morgan fingerprint density at radius 3 is 2.91 bits per heavy atom. The van der Waals surface area contributed by atoms with Crippen molar-refractivity contribution in [2.24, 2.45) is 0 Å². The van der Waals surface area contributed by atoms with E-state index in [1.165, 1.54) is 18.9 Å². The third-order valence-electron chi connectivity index (χ3n) is 3.23. The van der Waals surface area contributed by atoms with Crippen LogP contribution in [0.3, 0.4) is 0 Å². The summed E-state index contributed by atoms with van der Waals surface area (Å²) < 4.78 is 5.35. The van der Waals surface area contributed by atoms with Gasteiger partial charge in [0.1, 0.15) is 5.65 Å². The number of methoxy groups -OCH3 is 1. The van der Waals surface area contributed by atoms with Crippen molar-refractivity contribution in [1.82, 2.24) is 19.9 Å². The van der Waals surface area contributed by atoms with Gasteiger partial charge in [-0.05, 0) is 30.3 Å². The Morgan fingerprint density at radius 2 is 2.27 bits per heavy atom. The average molecular weight is 314 g/mol. The SMILES string of the molecule is CCc1[nH]c2nc(Sc3cccnc3)nc(OC)c2c1C=O. The average Bonchev–Trinajstić information content (AvgIpc) is 2.92. The molecular formula is C15H14N4O2S. The molecule has 22 heavy (non-hydrogen) atoms. The molecule has 0 saturated carbocycles. The van der Waals surface area contributed by atoms with Gasteiger partial charge in [0.15, 0.2) is 11.4 Å². The van der Waals surface area contributed by atoms with Crippen molar-refractivity contribution in [3.63, 3.8) is 0 Å². The maximum absolute atomic E-state index is 11.4. The fourth-order valence-corrected chi connectivity index (χ4v) is 2.97. The minimum absolute atomic E-state index is 0.398. The fraction of sp³-hybridized carbons (Fsp3) is 0.200. The summed E-state index contributed by atoms with van der Waals surface area (Å²) in [5.74, 6) is 0.398. The van der Waals surface area contributed by atoms with Crippen molar-refractivity contribution >= 4 is 29.1 Å². The van der Waals surface area contributed by atoms with E-state index in [2.05, 4.69) is 19.9 Å². The molecule has 7 heteroatoms. The number of nitrogens with one attached hydrogen (secondary N) is 1. The number of carbonyl (C=O) groups excluding carboxylic acids is 1. The van der Waals surface area contributed by atoms with Gasteiger partial charge in [-0.3, -0.25) is 9.78 Å². The van der Waals surface area contributed by atoms with Gasteiger partial charge in [0, 0.05) is 23.0 Å². The Labute approximate surface area is 131 Å². The molecule has 0 radical (unpaired) electrons. The first-order valence-electron chi connectivity index (χ1n) is 6.76. The van der Waals surface area contributed by atoms with Gasteiger partial charge >= 0.3 is 0 Å². The highest BCUT2D eigenvalue weighted by Crippen LogP contribution is 2.32. The van der Waals surface area contributed by atoms with Crippen LogP contribution in [-0.2, 0) is 6.42 Å². The van der Waals surface area contributed by atoms with Crippen LogP contribution in [0.5, 0.6) is 5.88 Å². The molecule has 1 N–H and O–H groups in total. The number of carbonyl (C=O) groups is 1. The first kappa shape index (κ1) is 14.5. The Balaban J connectivity index is 2.12. The zero-order valence-corrected chi connectivity index (χ0v) is 13.0. The second-order valence-electron chi connectivity index (χ2n) is 4.52. The molecule has 3 heterocycles. The first-order chi connectivity index (χ1) is 10.8. The van der Waals surface area contributed by atoms with E-state index in [0.717, 1.165) is 16.9 Å². The van der Waals surface area contributed by atoms with Crippen LogP contribution in [0.1, 0.15) is 23.0 Å². The maximum atomic E-state index is 11.4. The Kier molecular flexibility index (Phi) is 4.06. The summed E-state index contributed by atoms with van der Waals surface area (Å²) in [4.78, 5) is 28.4. The fourth-order valence-electron chi connectivity index (χ4n) is 2.23. The van der Waals surface area contributed by atoms with Crippen LogP contribution in [0.15, 0.2) is 34.6 Å². The maximum Gasteiger partial charge on any atom is 0.227 e. The number of aromatic nitrogens is 4. The third kappa shape index (κ3) is 2.55. The van der Waals surface area contributed by atoms with Crippen molar-refractivity contribution in [1.29, 1.82) is 0 Å². The molecule has 0 spiro atoms. The van der Waals surface area contributed by atoms with Crippen LogP contribution in [0.25, 0.3) is 11.0 Å². The van der Waals surface area contributed by atoms with E-state index < -0.39 is 0 Å². The van der Waals surface area contributed by atoms with Crippen molar-refractivity contribution in [2.75, 3.05) is 7.11 Å². The third-order valence-corrected chi connectivity index (χ3v) is 4.07. The summed E-state index contributed by atoms with van der Waals surface area (Å²) in [6.07, 6.45) is 4.98. The summed E-state index contributed by atoms with van der Waals surface area (Å²) in [5, 5.41) is 1.17. The predicted octanol–water partition coefficient (Wildman–Crippen LogP) is 2.89. The number of aldehydes is 1. The molecule has 6 nitrogen and oxygen atoms in total. The zero-order valence-electron chi connectivity index (χ0n) is 12.2. The molecule has 3 rings (SSSR count). The van der Waals surface area contributed by atoms with Gasteiger partial charge in [0.25, 0.3) is 0 Å². The predicted molar refractivity (Wildman–Crippen MR) is 83.6 cm³/mol.